The minimum atomic E-state index is -0.00564. The largest absolute Gasteiger partial charge is 0.317 e. The smallest absolute Gasteiger partial charge is 0.280 e. The normalized spacial score (nSPS) is 21.6. The van der Waals surface area contributed by atoms with E-state index in [-0.39, 0.29) is 11.3 Å². The molecule has 1 amide bonds. The van der Waals surface area contributed by atoms with Crippen molar-refractivity contribution in [2.75, 3.05) is 24.5 Å². The van der Waals surface area contributed by atoms with Gasteiger partial charge in [0, 0.05) is 17.6 Å². The number of anilines is 1. The minimum Gasteiger partial charge on any atom is -0.317 e. The molecule has 0 unspecified atom stereocenters. The average Bonchev–Trinajstić information content (AvgIpc) is 3.22. The number of hydrogen-bond acceptors (Lipinski definition) is 4. The number of carbonyl (C=O) groups is 1. The van der Waals surface area contributed by atoms with Gasteiger partial charge in [-0.3, -0.25) is 4.79 Å². The van der Waals surface area contributed by atoms with Crippen molar-refractivity contribution in [2.24, 2.45) is 0 Å². The number of carbonyl (C=O) groups excluding carboxylic acids is 1. The second-order valence-electron chi connectivity index (χ2n) is 7.64. The van der Waals surface area contributed by atoms with Gasteiger partial charge in [0.1, 0.15) is 0 Å². The van der Waals surface area contributed by atoms with Crippen molar-refractivity contribution in [3.05, 3.63) is 41.2 Å². The number of amides is 1. The summed E-state index contributed by atoms with van der Waals surface area (Å²) < 4.78 is 1.96. The number of nitrogens with one attached hydrogen (secondary N) is 1. The van der Waals surface area contributed by atoms with Crippen LogP contribution in [0.3, 0.4) is 0 Å². The molecule has 6 heteroatoms. The second-order valence-corrected chi connectivity index (χ2v) is 7.64. The Kier molecular flexibility index (Phi) is 3.25. The predicted molar refractivity (Wildman–Crippen MR) is 94.9 cm³/mol. The van der Waals surface area contributed by atoms with E-state index in [0.717, 1.165) is 43.9 Å². The monoisotopic (exact) mass is 337 g/mol. The lowest BCUT2D eigenvalue weighted by Crippen LogP contribution is -2.33. The number of nitrogens with zero attached hydrogens (tertiary/aromatic N) is 4. The van der Waals surface area contributed by atoms with Gasteiger partial charge in [-0.15, -0.1) is 5.10 Å². The first kappa shape index (κ1) is 15.1. The molecular formula is C19H23N5O. The molecule has 5 rings (SSSR count). The van der Waals surface area contributed by atoms with E-state index in [1.165, 1.54) is 18.4 Å². The molecule has 25 heavy (non-hydrogen) atoms. The number of hydrogen-bond donors (Lipinski definition) is 1. The highest BCUT2D eigenvalue weighted by molar-refractivity contribution is 6.07. The molecule has 0 bridgehead atoms. The van der Waals surface area contributed by atoms with Crippen LogP contribution in [0.5, 0.6) is 0 Å². The molecule has 130 valence electrons. The summed E-state index contributed by atoms with van der Waals surface area (Å²) in [6.45, 7) is 4.75. The Morgan fingerprint density at radius 1 is 1.24 bits per heavy atom. The molecule has 0 radical (unpaired) electrons. The SMILES string of the molecule is Cc1c(C(=O)N2CC3(CC3)c3ccccc32)nnn1C1CCNCC1. The molecule has 2 fully saturated rings. The highest BCUT2D eigenvalue weighted by Crippen LogP contribution is 2.56. The Balaban J connectivity index is 1.47. The van der Waals surface area contributed by atoms with E-state index in [4.69, 9.17) is 0 Å². The molecular weight excluding hydrogens is 314 g/mol. The van der Waals surface area contributed by atoms with Gasteiger partial charge in [-0.1, -0.05) is 23.4 Å². The lowest BCUT2D eigenvalue weighted by atomic mass is 9.99. The average molecular weight is 337 g/mol. The molecule has 1 N–H and O–H groups in total. The van der Waals surface area contributed by atoms with Crippen molar-refractivity contribution in [1.29, 1.82) is 0 Å². The number of benzene rings is 1. The third kappa shape index (κ3) is 2.24. The van der Waals surface area contributed by atoms with E-state index in [1.807, 2.05) is 22.6 Å². The molecule has 2 aliphatic heterocycles. The van der Waals surface area contributed by atoms with Crippen LogP contribution >= 0.6 is 0 Å². The highest BCUT2D eigenvalue weighted by Gasteiger charge is 2.53. The van der Waals surface area contributed by atoms with Gasteiger partial charge in [0.05, 0.1) is 11.7 Å². The molecule has 1 saturated heterocycles. The fourth-order valence-corrected chi connectivity index (χ4v) is 4.45. The lowest BCUT2D eigenvalue weighted by Gasteiger charge is -2.23. The second kappa shape index (κ2) is 5.39. The van der Waals surface area contributed by atoms with Crippen LogP contribution in [-0.4, -0.2) is 40.5 Å². The van der Waals surface area contributed by atoms with Gasteiger partial charge >= 0.3 is 0 Å². The molecule has 6 nitrogen and oxygen atoms in total. The Bertz CT molecular complexity index is 832. The third-order valence-electron chi connectivity index (χ3n) is 6.11. The molecule has 1 aromatic heterocycles. The van der Waals surface area contributed by atoms with E-state index in [1.54, 1.807) is 0 Å². The third-order valence-corrected chi connectivity index (χ3v) is 6.11. The van der Waals surface area contributed by atoms with Crippen LogP contribution in [0.4, 0.5) is 5.69 Å². The maximum Gasteiger partial charge on any atom is 0.280 e. The first-order chi connectivity index (χ1) is 12.2. The van der Waals surface area contributed by atoms with Crippen molar-refractivity contribution in [1.82, 2.24) is 20.3 Å². The Hall–Kier alpha value is -2.21. The summed E-state index contributed by atoms with van der Waals surface area (Å²) in [5.74, 6) is -0.00564. The van der Waals surface area contributed by atoms with Crippen LogP contribution < -0.4 is 10.2 Å². The van der Waals surface area contributed by atoms with Crippen LogP contribution in [0.15, 0.2) is 24.3 Å². The van der Waals surface area contributed by atoms with E-state index in [2.05, 4.69) is 33.8 Å². The quantitative estimate of drug-likeness (QED) is 0.912. The number of piperidine rings is 1. The van der Waals surface area contributed by atoms with Gasteiger partial charge in [-0.2, -0.15) is 0 Å². The van der Waals surface area contributed by atoms with Gasteiger partial charge in [-0.25, -0.2) is 4.68 Å². The van der Waals surface area contributed by atoms with Crippen LogP contribution in [0.2, 0.25) is 0 Å². The van der Waals surface area contributed by atoms with Crippen molar-refractivity contribution >= 4 is 11.6 Å². The van der Waals surface area contributed by atoms with Crippen LogP contribution in [0, 0.1) is 6.92 Å². The summed E-state index contributed by atoms with van der Waals surface area (Å²) in [5, 5.41) is 12.0. The lowest BCUT2D eigenvalue weighted by molar-refractivity contribution is 0.0982. The van der Waals surface area contributed by atoms with E-state index in [9.17, 15) is 4.79 Å². The zero-order chi connectivity index (χ0) is 17.0. The minimum absolute atomic E-state index is 0.00564. The van der Waals surface area contributed by atoms with Crippen LogP contribution in [0.25, 0.3) is 0 Å². The van der Waals surface area contributed by atoms with E-state index >= 15 is 0 Å². The fraction of sp³-hybridized carbons (Fsp3) is 0.526. The highest BCUT2D eigenvalue weighted by atomic mass is 16.2. The Labute approximate surface area is 147 Å². The summed E-state index contributed by atoms with van der Waals surface area (Å²) >= 11 is 0. The number of rotatable bonds is 2. The van der Waals surface area contributed by atoms with Gasteiger partial charge in [0.15, 0.2) is 5.69 Å². The zero-order valence-corrected chi connectivity index (χ0v) is 14.5. The van der Waals surface area contributed by atoms with Gasteiger partial charge < -0.3 is 10.2 Å². The Morgan fingerprint density at radius 2 is 2.00 bits per heavy atom. The number of fused-ring (bicyclic) bond motifs is 2. The molecule has 0 atom stereocenters. The molecule has 1 spiro atoms. The first-order valence-electron chi connectivity index (χ1n) is 9.23. The summed E-state index contributed by atoms with van der Waals surface area (Å²) in [7, 11) is 0. The number of aromatic nitrogens is 3. The standard InChI is InChI=1S/C19H23N5O/c1-13-17(21-22-24(13)14-6-10-20-11-7-14)18(25)23-12-19(8-9-19)15-4-2-3-5-16(15)23/h2-5,14,20H,6-12H2,1H3. The summed E-state index contributed by atoms with van der Waals surface area (Å²) in [5.41, 5.74) is 3.98. The molecule has 3 heterocycles. The molecule has 1 aliphatic carbocycles. The fourth-order valence-electron chi connectivity index (χ4n) is 4.45. The molecule has 1 aromatic carbocycles. The van der Waals surface area contributed by atoms with Gasteiger partial charge in [0.2, 0.25) is 0 Å². The maximum absolute atomic E-state index is 13.2. The van der Waals surface area contributed by atoms with Crippen molar-refractivity contribution in [2.45, 2.75) is 44.1 Å². The van der Waals surface area contributed by atoms with Gasteiger partial charge in [0.25, 0.3) is 5.91 Å². The molecule has 3 aliphatic rings. The van der Waals surface area contributed by atoms with E-state index in [0.29, 0.717) is 11.7 Å². The summed E-state index contributed by atoms with van der Waals surface area (Å²) in [6.07, 6.45) is 4.42. The van der Waals surface area contributed by atoms with Crippen LogP contribution in [-0.2, 0) is 5.41 Å². The number of para-hydroxylation sites is 1. The first-order valence-corrected chi connectivity index (χ1v) is 9.23. The summed E-state index contributed by atoms with van der Waals surface area (Å²) in [4.78, 5) is 15.2. The summed E-state index contributed by atoms with van der Waals surface area (Å²) in [6, 6.07) is 8.67. The zero-order valence-electron chi connectivity index (χ0n) is 14.5. The molecule has 1 saturated carbocycles. The van der Waals surface area contributed by atoms with Crippen LogP contribution in [0.1, 0.15) is 53.5 Å². The predicted octanol–water partition coefficient (Wildman–Crippen LogP) is 2.20. The van der Waals surface area contributed by atoms with Crippen molar-refractivity contribution in [3.63, 3.8) is 0 Å². The van der Waals surface area contributed by atoms with Crippen molar-refractivity contribution < 1.29 is 4.79 Å². The van der Waals surface area contributed by atoms with E-state index < -0.39 is 0 Å². The Morgan fingerprint density at radius 3 is 2.76 bits per heavy atom. The van der Waals surface area contributed by atoms with Crippen molar-refractivity contribution in [3.8, 4) is 0 Å². The molecule has 2 aromatic rings. The van der Waals surface area contributed by atoms with Gasteiger partial charge in [-0.05, 0) is 57.3 Å². The maximum atomic E-state index is 13.2. The topological polar surface area (TPSA) is 63.1 Å².